The lowest BCUT2D eigenvalue weighted by molar-refractivity contribution is -0.104. The molecule has 8 heteroatoms. The number of nitriles is 1. The van der Waals surface area contributed by atoms with Crippen LogP contribution >= 0.6 is 0 Å². The molecule has 2 N–H and O–H groups in total. The number of nitrogens with one attached hydrogen (secondary N) is 1. The standard InChI is InChI=1S/C26H29N3O5/c1-26(2,3)34-25(33)29(16-18-7-8-20(17-31)21(14-18)15-27)12-11-19-9-10-23(32)24(28-4)22(19)6-5-13-30/h5-10,13-14,17,28,32H,11-12,16H2,1-4H3/b6-5-. The van der Waals surface area contributed by atoms with E-state index in [4.69, 9.17) is 4.74 Å². The van der Waals surface area contributed by atoms with Crippen molar-refractivity contribution in [2.45, 2.75) is 39.3 Å². The van der Waals surface area contributed by atoms with Gasteiger partial charge in [-0.05, 0) is 62.6 Å². The summed E-state index contributed by atoms with van der Waals surface area (Å²) in [7, 11) is 1.67. The summed E-state index contributed by atoms with van der Waals surface area (Å²) >= 11 is 0. The molecule has 0 heterocycles. The van der Waals surface area contributed by atoms with E-state index in [9.17, 15) is 24.8 Å². The van der Waals surface area contributed by atoms with E-state index in [2.05, 4.69) is 5.32 Å². The predicted octanol–water partition coefficient (Wildman–Crippen LogP) is 4.31. The van der Waals surface area contributed by atoms with Gasteiger partial charge in [-0.2, -0.15) is 5.26 Å². The van der Waals surface area contributed by atoms with Gasteiger partial charge in [0.15, 0.2) is 6.29 Å². The Morgan fingerprint density at radius 2 is 1.97 bits per heavy atom. The van der Waals surface area contributed by atoms with Gasteiger partial charge in [0.2, 0.25) is 0 Å². The van der Waals surface area contributed by atoms with Crippen molar-refractivity contribution in [3.05, 3.63) is 64.2 Å². The summed E-state index contributed by atoms with van der Waals surface area (Å²) in [5.74, 6) is 0.0418. The van der Waals surface area contributed by atoms with Gasteiger partial charge in [-0.3, -0.25) is 9.59 Å². The van der Waals surface area contributed by atoms with E-state index in [-0.39, 0.29) is 30.0 Å². The molecule has 2 aromatic carbocycles. The third-order valence-corrected chi connectivity index (χ3v) is 4.95. The Labute approximate surface area is 199 Å². The predicted molar refractivity (Wildman–Crippen MR) is 130 cm³/mol. The number of ether oxygens (including phenoxy) is 1. The molecule has 0 saturated carbocycles. The van der Waals surface area contributed by atoms with Crippen LogP contribution in [-0.2, 0) is 22.5 Å². The second-order valence-corrected chi connectivity index (χ2v) is 8.58. The van der Waals surface area contributed by atoms with Crippen molar-refractivity contribution in [2.75, 3.05) is 18.9 Å². The normalized spacial score (nSPS) is 11.0. The Balaban J connectivity index is 2.38. The fourth-order valence-corrected chi connectivity index (χ4v) is 3.40. The first-order valence-corrected chi connectivity index (χ1v) is 10.7. The minimum atomic E-state index is -0.704. The van der Waals surface area contributed by atoms with Crippen molar-refractivity contribution in [2.24, 2.45) is 0 Å². The van der Waals surface area contributed by atoms with Crippen LogP contribution in [0.25, 0.3) is 6.08 Å². The number of hydrogen-bond acceptors (Lipinski definition) is 7. The highest BCUT2D eigenvalue weighted by Crippen LogP contribution is 2.31. The van der Waals surface area contributed by atoms with Gasteiger partial charge in [0, 0.05) is 31.3 Å². The maximum absolute atomic E-state index is 13.0. The molecule has 0 aliphatic carbocycles. The molecule has 0 atom stereocenters. The van der Waals surface area contributed by atoms with Gasteiger partial charge >= 0.3 is 6.09 Å². The van der Waals surface area contributed by atoms with E-state index in [0.29, 0.717) is 35.8 Å². The fraction of sp³-hybridized carbons (Fsp3) is 0.308. The van der Waals surface area contributed by atoms with Gasteiger partial charge in [0.05, 0.1) is 17.3 Å². The molecule has 8 nitrogen and oxygen atoms in total. The van der Waals surface area contributed by atoms with Crippen LogP contribution in [0.4, 0.5) is 10.5 Å². The van der Waals surface area contributed by atoms with Crippen LogP contribution in [-0.4, -0.2) is 47.9 Å². The number of phenols is 1. The number of carbonyl (C=O) groups is 3. The zero-order chi connectivity index (χ0) is 25.3. The number of nitrogens with zero attached hydrogens (tertiary/aromatic N) is 2. The molecule has 0 aliphatic rings. The summed E-state index contributed by atoms with van der Waals surface area (Å²) in [6.07, 6.45) is 4.08. The van der Waals surface area contributed by atoms with Gasteiger partial charge in [-0.1, -0.05) is 18.2 Å². The van der Waals surface area contributed by atoms with Gasteiger partial charge in [0.25, 0.3) is 0 Å². The molecule has 34 heavy (non-hydrogen) atoms. The maximum atomic E-state index is 13.0. The molecule has 0 bridgehead atoms. The monoisotopic (exact) mass is 463 g/mol. The molecule has 0 spiro atoms. The van der Waals surface area contributed by atoms with Gasteiger partial charge in [-0.25, -0.2) is 4.79 Å². The Morgan fingerprint density at radius 3 is 2.56 bits per heavy atom. The van der Waals surface area contributed by atoms with Crippen LogP contribution in [0.1, 0.15) is 53.4 Å². The Kier molecular flexibility index (Phi) is 8.96. The molecule has 0 radical (unpaired) electrons. The second-order valence-electron chi connectivity index (χ2n) is 8.58. The number of anilines is 1. The van der Waals surface area contributed by atoms with Gasteiger partial charge < -0.3 is 20.1 Å². The molecule has 1 amide bonds. The fourth-order valence-electron chi connectivity index (χ4n) is 3.40. The van der Waals surface area contributed by atoms with Crippen LogP contribution in [0.5, 0.6) is 5.75 Å². The minimum absolute atomic E-state index is 0.0418. The van der Waals surface area contributed by atoms with Gasteiger partial charge in [-0.15, -0.1) is 0 Å². The van der Waals surface area contributed by atoms with Crippen molar-refractivity contribution in [3.8, 4) is 11.8 Å². The van der Waals surface area contributed by atoms with Crippen LogP contribution in [0.2, 0.25) is 0 Å². The van der Waals surface area contributed by atoms with Crippen molar-refractivity contribution in [3.63, 3.8) is 0 Å². The Morgan fingerprint density at radius 1 is 1.24 bits per heavy atom. The van der Waals surface area contributed by atoms with Crippen LogP contribution < -0.4 is 5.32 Å². The van der Waals surface area contributed by atoms with E-state index in [1.807, 2.05) is 6.07 Å². The molecule has 0 saturated heterocycles. The number of hydrogen-bond donors (Lipinski definition) is 2. The number of phenolic OH excluding ortho intramolecular Hbond substituents is 1. The summed E-state index contributed by atoms with van der Waals surface area (Å²) in [5, 5.41) is 22.4. The Bertz CT molecular complexity index is 1130. The molecule has 0 aromatic heterocycles. The zero-order valence-electron chi connectivity index (χ0n) is 19.8. The highest BCUT2D eigenvalue weighted by molar-refractivity contribution is 5.82. The third-order valence-electron chi connectivity index (χ3n) is 4.95. The molecule has 2 aromatic rings. The molecular formula is C26H29N3O5. The number of allylic oxidation sites excluding steroid dienone is 1. The number of rotatable bonds is 9. The van der Waals surface area contributed by atoms with E-state index < -0.39 is 11.7 Å². The van der Waals surface area contributed by atoms with E-state index in [1.165, 1.54) is 11.0 Å². The summed E-state index contributed by atoms with van der Waals surface area (Å²) in [5.41, 5.74) is 2.41. The lowest BCUT2D eigenvalue weighted by Gasteiger charge is -2.28. The summed E-state index contributed by atoms with van der Waals surface area (Å²) in [6.45, 7) is 5.76. The summed E-state index contributed by atoms with van der Waals surface area (Å²) in [4.78, 5) is 36.5. The maximum Gasteiger partial charge on any atom is 0.410 e. The molecule has 178 valence electrons. The van der Waals surface area contributed by atoms with Crippen molar-refractivity contribution >= 4 is 30.4 Å². The number of amides is 1. The van der Waals surface area contributed by atoms with Crippen LogP contribution in [0.3, 0.4) is 0 Å². The lowest BCUT2D eigenvalue weighted by Crippen LogP contribution is -2.37. The topological polar surface area (TPSA) is 120 Å². The first-order valence-electron chi connectivity index (χ1n) is 10.7. The Hall–Kier alpha value is -4.12. The molecule has 0 unspecified atom stereocenters. The largest absolute Gasteiger partial charge is 0.506 e. The molecule has 0 fully saturated rings. The SMILES string of the molecule is CNc1c(O)ccc(CCN(Cc2ccc(C=O)c(C#N)c2)C(=O)OC(C)(C)C)c1/C=C\C=O. The highest BCUT2D eigenvalue weighted by atomic mass is 16.6. The first-order chi connectivity index (χ1) is 16.1. The lowest BCUT2D eigenvalue weighted by atomic mass is 10.0. The highest BCUT2D eigenvalue weighted by Gasteiger charge is 2.23. The van der Waals surface area contributed by atoms with Crippen molar-refractivity contribution in [1.29, 1.82) is 5.26 Å². The average molecular weight is 464 g/mol. The second kappa shape index (κ2) is 11.7. The van der Waals surface area contributed by atoms with E-state index in [0.717, 1.165) is 5.56 Å². The zero-order valence-corrected chi connectivity index (χ0v) is 19.8. The van der Waals surface area contributed by atoms with E-state index >= 15 is 0 Å². The van der Waals surface area contributed by atoms with Crippen LogP contribution in [0.15, 0.2) is 36.4 Å². The number of aldehydes is 2. The first kappa shape index (κ1) is 26.1. The molecular weight excluding hydrogens is 434 g/mol. The van der Waals surface area contributed by atoms with Crippen molar-refractivity contribution in [1.82, 2.24) is 4.90 Å². The van der Waals surface area contributed by atoms with Gasteiger partial charge in [0.1, 0.15) is 17.6 Å². The number of aromatic hydroxyl groups is 1. The minimum Gasteiger partial charge on any atom is -0.506 e. The molecule has 2 rings (SSSR count). The molecule has 0 aliphatic heterocycles. The average Bonchev–Trinajstić information content (AvgIpc) is 2.79. The summed E-state index contributed by atoms with van der Waals surface area (Å²) in [6, 6.07) is 10.1. The van der Waals surface area contributed by atoms with Crippen LogP contribution in [0, 0.1) is 11.3 Å². The third kappa shape index (κ3) is 6.94. The van der Waals surface area contributed by atoms with Crippen molar-refractivity contribution < 1.29 is 24.2 Å². The quantitative estimate of drug-likeness (QED) is 0.323. The number of carbonyl (C=O) groups excluding carboxylic acids is 3. The smallest absolute Gasteiger partial charge is 0.410 e. The van der Waals surface area contributed by atoms with E-state index in [1.54, 1.807) is 64.2 Å². The summed E-state index contributed by atoms with van der Waals surface area (Å²) < 4.78 is 5.57. The number of benzene rings is 2.